The highest BCUT2D eigenvalue weighted by molar-refractivity contribution is 5.99. The summed E-state index contributed by atoms with van der Waals surface area (Å²) in [6.07, 6.45) is 4.73. The lowest BCUT2D eigenvalue weighted by atomic mass is 10.1. The predicted molar refractivity (Wildman–Crippen MR) is 87.2 cm³/mol. The van der Waals surface area contributed by atoms with Crippen LogP contribution in [0.1, 0.15) is 11.1 Å². The molecule has 0 aliphatic carbocycles. The van der Waals surface area contributed by atoms with E-state index in [1.165, 1.54) is 6.20 Å². The van der Waals surface area contributed by atoms with Crippen molar-refractivity contribution in [1.29, 1.82) is 0 Å². The third-order valence-electron chi connectivity index (χ3n) is 3.71. The van der Waals surface area contributed by atoms with E-state index in [2.05, 4.69) is 4.98 Å². The predicted octanol–water partition coefficient (Wildman–Crippen LogP) is 1.51. The van der Waals surface area contributed by atoms with Crippen LogP contribution in [0.2, 0.25) is 0 Å². The molecular formula is C17H16N4O3. The van der Waals surface area contributed by atoms with Crippen LogP contribution >= 0.6 is 0 Å². The summed E-state index contributed by atoms with van der Waals surface area (Å²) >= 11 is 0. The van der Waals surface area contributed by atoms with Crippen LogP contribution in [-0.4, -0.2) is 38.4 Å². The summed E-state index contributed by atoms with van der Waals surface area (Å²) in [4.78, 5) is 30.4. The highest BCUT2D eigenvalue weighted by atomic mass is 16.3. The number of imide groups is 1. The number of benzene rings is 1. The number of aromatic hydroxyl groups is 1. The number of urea groups is 1. The van der Waals surface area contributed by atoms with Gasteiger partial charge in [0.05, 0.1) is 12.2 Å². The van der Waals surface area contributed by atoms with Crippen molar-refractivity contribution in [2.45, 2.75) is 6.54 Å². The van der Waals surface area contributed by atoms with E-state index in [4.69, 9.17) is 5.73 Å². The minimum absolute atomic E-state index is 0.0258. The molecule has 0 bridgehead atoms. The number of pyridine rings is 1. The number of phenols is 1. The Bertz CT molecular complexity index is 787. The Morgan fingerprint density at radius 2 is 1.83 bits per heavy atom. The minimum atomic E-state index is -0.809. The van der Waals surface area contributed by atoms with Crippen LogP contribution in [0.3, 0.4) is 0 Å². The Hall–Kier alpha value is -3.35. The monoisotopic (exact) mass is 324 g/mol. The molecule has 3 N–H and O–H groups in total. The number of aromatic nitrogens is 1. The molecule has 7 heteroatoms. The molecule has 24 heavy (non-hydrogen) atoms. The van der Waals surface area contributed by atoms with E-state index in [-0.39, 0.29) is 18.2 Å². The Labute approximate surface area is 138 Å². The van der Waals surface area contributed by atoms with Gasteiger partial charge in [0.25, 0.3) is 5.91 Å². The van der Waals surface area contributed by atoms with Gasteiger partial charge >= 0.3 is 6.03 Å². The van der Waals surface area contributed by atoms with Gasteiger partial charge in [-0.2, -0.15) is 0 Å². The van der Waals surface area contributed by atoms with Gasteiger partial charge in [-0.25, -0.2) is 9.69 Å². The van der Waals surface area contributed by atoms with Crippen molar-refractivity contribution in [3.8, 4) is 5.75 Å². The summed E-state index contributed by atoms with van der Waals surface area (Å²) in [7, 11) is 0. The van der Waals surface area contributed by atoms with Crippen LogP contribution in [0, 0.1) is 0 Å². The molecule has 0 atom stereocenters. The average molecular weight is 324 g/mol. The zero-order chi connectivity index (χ0) is 17.1. The minimum Gasteiger partial charge on any atom is -0.508 e. The first-order valence-electron chi connectivity index (χ1n) is 7.31. The molecule has 0 saturated carbocycles. The van der Waals surface area contributed by atoms with Crippen LogP contribution in [0.15, 0.2) is 55.0 Å². The fourth-order valence-electron chi connectivity index (χ4n) is 2.53. The zero-order valence-corrected chi connectivity index (χ0v) is 12.8. The van der Waals surface area contributed by atoms with Crippen molar-refractivity contribution in [2.75, 3.05) is 6.54 Å². The molecule has 0 fully saturated rings. The first kappa shape index (κ1) is 15.5. The number of carbonyl (C=O) groups is 2. The first-order valence-corrected chi connectivity index (χ1v) is 7.31. The topological polar surface area (TPSA) is 99.8 Å². The summed E-state index contributed by atoms with van der Waals surface area (Å²) in [5.41, 5.74) is 7.72. The maximum absolute atomic E-state index is 12.2. The molecule has 0 spiro atoms. The van der Waals surface area contributed by atoms with Gasteiger partial charge in [-0.05, 0) is 29.8 Å². The molecule has 122 valence electrons. The normalized spacial score (nSPS) is 14.5. The first-order chi connectivity index (χ1) is 11.5. The molecule has 7 nitrogen and oxygen atoms in total. The van der Waals surface area contributed by atoms with Gasteiger partial charge in [-0.15, -0.1) is 0 Å². The van der Waals surface area contributed by atoms with Crippen molar-refractivity contribution < 1.29 is 14.7 Å². The smallest absolute Gasteiger partial charge is 0.325 e. The van der Waals surface area contributed by atoms with Gasteiger partial charge in [0, 0.05) is 30.7 Å². The lowest BCUT2D eigenvalue weighted by Gasteiger charge is -2.33. The van der Waals surface area contributed by atoms with Gasteiger partial charge in [0.1, 0.15) is 5.75 Å². The molecule has 1 aliphatic heterocycles. The number of amides is 3. The second kappa shape index (κ2) is 6.41. The van der Waals surface area contributed by atoms with Crippen molar-refractivity contribution >= 4 is 17.6 Å². The van der Waals surface area contributed by atoms with Gasteiger partial charge in [0.15, 0.2) is 0 Å². The number of carbonyl (C=O) groups excluding carboxylic acids is 2. The Morgan fingerprint density at radius 3 is 2.46 bits per heavy atom. The van der Waals surface area contributed by atoms with Crippen molar-refractivity contribution in [3.63, 3.8) is 0 Å². The van der Waals surface area contributed by atoms with E-state index in [9.17, 15) is 14.7 Å². The zero-order valence-electron chi connectivity index (χ0n) is 12.8. The second-order valence-corrected chi connectivity index (χ2v) is 5.37. The second-order valence-electron chi connectivity index (χ2n) is 5.37. The van der Waals surface area contributed by atoms with Gasteiger partial charge < -0.3 is 15.7 Å². The highest BCUT2D eigenvalue weighted by Crippen LogP contribution is 2.26. The number of hydrogen-bond donors (Lipinski definition) is 2. The number of hydrogen-bond acceptors (Lipinski definition) is 5. The number of phenolic OH excluding ortho intramolecular Hbond substituents is 1. The fourth-order valence-corrected chi connectivity index (χ4v) is 2.53. The highest BCUT2D eigenvalue weighted by Gasteiger charge is 2.28. The van der Waals surface area contributed by atoms with E-state index in [0.29, 0.717) is 12.2 Å². The number of nitrogens with two attached hydrogens (primary N) is 1. The summed E-state index contributed by atoms with van der Waals surface area (Å²) in [6, 6.07) is 9.53. The fraction of sp³-hybridized carbons (Fsp3) is 0.118. The number of rotatable bonds is 3. The Balaban J connectivity index is 1.96. The SMILES string of the molecule is NC(=O)N1C=C(c2ccncc2)N(Cc2ccc(O)cc2)CC1=O. The van der Waals surface area contributed by atoms with Crippen LogP contribution in [0.4, 0.5) is 4.79 Å². The van der Waals surface area contributed by atoms with Crippen molar-refractivity contribution in [3.05, 3.63) is 66.1 Å². The molecule has 3 amide bonds. The summed E-state index contributed by atoms with van der Waals surface area (Å²) in [5, 5.41) is 9.39. The summed E-state index contributed by atoms with van der Waals surface area (Å²) < 4.78 is 0. The van der Waals surface area contributed by atoms with Crippen molar-refractivity contribution in [1.82, 2.24) is 14.8 Å². The third kappa shape index (κ3) is 3.19. The Morgan fingerprint density at radius 1 is 1.17 bits per heavy atom. The average Bonchev–Trinajstić information content (AvgIpc) is 2.57. The van der Waals surface area contributed by atoms with E-state index in [0.717, 1.165) is 16.0 Å². The molecule has 2 aromatic rings. The molecular weight excluding hydrogens is 308 g/mol. The number of nitrogens with zero attached hydrogens (tertiary/aromatic N) is 3. The molecule has 1 aromatic carbocycles. The van der Waals surface area contributed by atoms with Gasteiger partial charge in [0.2, 0.25) is 0 Å². The van der Waals surface area contributed by atoms with E-state index in [1.54, 1.807) is 48.8 Å². The third-order valence-corrected chi connectivity index (χ3v) is 3.71. The molecule has 1 aliphatic rings. The van der Waals surface area contributed by atoms with Crippen LogP contribution < -0.4 is 5.73 Å². The largest absolute Gasteiger partial charge is 0.508 e. The van der Waals surface area contributed by atoms with Crippen molar-refractivity contribution in [2.24, 2.45) is 5.73 Å². The van der Waals surface area contributed by atoms with Crippen LogP contribution in [0.25, 0.3) is 5.70 Å². The van der Waals surface area contributed by atoms with E-state index in [1.807, 2.05) is 4.90 Å². The molecule has 3 rings (SSSR count). The maximum atomic E-state index is 12.2. The van der Waals surface area contributed by atoms with Crippen LogP contribution in [0.5, 0.6) is 5.75 Å². The molecule has 0 unspecified atom stereocenters. The van der Waals surface area contributed by atoms with Crippen LogP contribution in [-0.2, 0) is 11.3 Å². The standard InChI is InChI=1S/C17H16N4O3/c18-17(24)21-10-15(13-5-7-19-8-6-13)20(11-16(21)23)9-12-1-3-14(22)4-2-12/h1-8,10,22H,9,11H2,(H2,18,24). The molecule has 0 saturated heterocycles. The molecule has 1 aromatic heterocycles. The van der Waals surface area contributed by atoms with E-state index >= 15 is 0 Å². The lowest BCUT2D eigenvalue weighted by Crippen LogP contribution is -2.46. The number of primary amides is 1. The lowest BCUT2D eigenvalue weighted by molar-refractivity contribution is -0.127. The maximum Gasteiger partial charge on any atom is 0.325 e. The molecule has 0 radical (unpaired) electrons. The summed E-state index contributed by atoms with van der Waals surface area (Å²) in [6.45, 7) is 0.477. The quantitative estimate of drug-likeness (QED) is 0.891. The van der Waals surface area contributed by atoms with Gasteiger partial charge in [-0.3, -0.25) is 9.78 Å². The van der Waals surface area contributed by atoms with Gasteiger partial charge in [-0.1, -0.05) is 12.1 Å². The summed E-state index contributed by atoms with van der Waals surface area (Å²) in [5.74, 6) is -0.211. The molecule has 2 heterocycles. The van der Waals surface area contributed by atoms with E-state index < -0.39 is 6.03 Å². The Kier molecular flexibility index (Phi) is 4.15.